The molecule has 4 nitrogen and oxygen atoms in total. The Morgan fingerprint density at radius 2 is 1.88 bits per heavy atom. The fourth-order valence-electron chi connectivity index (χ4n) is 2.04. The zero-order chi connectivity index (χ0) is 16.8. The van der Waals surface area contributed by atoms with Gasteiger partial charge in [-0.05, 0) is 24.3 Å². The molecule has 1 N–H and O–H groups in total. The van der Waals surface area contributed by atoms with Crippen LogP contribution in [0.15, 0.2) is 60.0 Å². The maximum absolute atomic E-state index is 11.8. The van der Waals surface area contributed by atoms with Crippen LogP contribution < -0.4 is 10.1 Å². The van der Waals surface area contributed by atoms with Crippen LogP contribution in [-0.2, 0) is 11.3 Å². The number of hydrogen-bond donors (Lipinski definition) is 1. The number of nitrogens with one attached hydrogen (secondary N) is 1. The molecule has 24 heavy (non-hydrogen) atoms. The van der Waals surface area contributed by atoms with E-state index in [1.807, 2.05) is 35.7 Å². The summed E-state index contributed by atoms with van der Waals surface area (Å²) in [5, 5.41) is 6.28. The van der Waals surface area contributed by atoms with Gasteiger partial charge in [0.05, 0.1) is 12.2 Å². The summed E-state index contributed by atoms with van der Waals surface area (Å²) in [5.74, 6) is 0.413. The molecule has 0 aliphatic carbocycles. The summed E-state index contributed by atoms with van der Waals surface area (Å²) in [5.41, 5.74) is 1.99. The van der Waals surface area contributed by atoms with Crippen LogP contribution in [0.25, 0.3) is 11.3 Å². The first-order valence-electron chi connectivity index (χ1n) is 7.35. The lowest BCUT2D eigenvalue weighted by Gasteiger charge is -2.06. The van der Waals surface area contributed by atoms with Crippen molar-refractivity contribution in [3.8, 4) is 17.0 Å². The van der Waals surface area contributed by atoms with Gasteiger partial charge in [-0.1, -0.05) is 41.9 Å². The molecule has 1 heterocycles. The SMILES string of the molecule is O=C(COc1ccc(Cl)cc1)NCc1nc(-c2ccccc2)cs1. The molecule has 0 fully saturated rings. The molecule has 0 radical (unpaired) electrons. The van der Waals surface area contributed by atoms with E-state index in [0.717, 1.165) is 16.3 Å². The van der Waals surface area contributed by atoms with Gasteiger partial charge in [-0.2, -0.15) is 0 Å². The van der Waals surface area contributed by atoms with Crippen molar-refractivity contribution in [2.45, 2.75) is 6.54 Å². The lowest BCUT2D eigenvalue weighted by molar-refractivity contribution is -0.123. The second-order valence-corrected chi connectivity index (χ2v) is 6.39. The van der Waals surface area contributed by atoms with Crippen LogP contribution in [0.3, 0.4) is 0 Å². The van der Waals surface area contributed by atoms with E-state index in [4.69, 9.17) is 16.3 Å². The van der Waals surface area contributed by atoms with Crippen molar-refractivity contribution in [1.82, 2.24) is 10.3 Å². The van der Waals surface area contributed by atoms with Gasteiger partial charge in [-0.25, -0.2) is 4.98 Å². The van der Waals surface area contributed by atoms with Crippen LogP contribution in [0.5, 0.6) is 5.75 Å². The molecule has 0 saturated carbocycles. The smallest absolute Gasteiger partial charge is 0.258 e. The number of amides is 1. The van der Waals surface area contributed by atoms with E-state index >= 15 is 0 Å². The van der Waals surface area contributed by atoms with Gasteiger partial charge in [0.15, 0.2) is 6.61 Å². The molecule has 3 rings (SSSR count). The summed E-state index contributed by atoms with van der Waals surface area (Å²) in [6, 6.07) is 16.8. The van der Waals surface area contributed by atoms with Crippen molar-refractivity contribution in [3.05, 3.63) is 70.0 Å². The molecule has 1 amide bonds. The molecule has 0 saturated heterocycles. The zero-order valence-corrected chi connectivity index (χ0v) is 14.3. The summed E-state index contributed by atoms with van der Waals surface area (Å²) in [7, 11) is 0. The van der Waals surface area contributed by atoms with E-state index < -0.39 is 0 Å². The minimum atomic E-state index is -0.193. The summed E-state index contributed by atoms with van der Waals surface area (Å²) in [6.07, 6.45) is 0. The molecular formula is C18H15ClN2O2S. The number of aromatic nitrogens is 1. The Labute approximate surface area is 149 Å². The number of halogens is 1. The molecule has 2 aromatic carbocycles. The van der Waals surface area contributed by atoms with Gasteiger partial charge in [-0.15, -0.1) is 11.3 Å². The average molecular weight is 359 g/mol. The van der Waals surface area contributed by atoms with E-state index in [-0.39, 0.29) is 12.5 Å². The first kappa shape index (κ1) is 16.5. The molecule has 3 aromatic rings. The van der Waals surface area contributed by atoms with Gasteiger partial charge < -0.3 is 10.1 Å². The first-order valence-corrected chi connectivity index (χ1v) is 8.61. The molecule has 0 unspecified atom stereocenters. The number of benzene rings is 2. The van der Waals surface area contributed by atoms with E-state index in [9.17, 15) is 4.79 Å². The van der Waals surface area contributed by atoms with Crippen LogP contribution in [0, 0.1) is 0 Å². The number of thiazole rings is 1. The first-order chi connectivity index (χ1) is 11.7. The van der Waals surface area contributed by atoms with Crippen LogP contribution >= 0.6 is 22.9 Å². The number of carbonyl (C=O) groups excluding carboxylic acids is 1. The van der Waals surface area contributed by atoms with Crippen LogP contribution in [0.2, 0.25) is 5.02 Å². The molecular weight excluding hydrogens is 344 g/mol. The maximum atomic E-state index is 11.8. The molecule has 1 aromatic heterocycles. The third-order valence-electron chi connectivity index (χ3n) is 3.24. The second kappa shape index (κ2) is 7.95. The molecule has 0 aliphatic rings. The van der Waals surface area contributed by atoms with E-state index in [2.05, 4.69) is 10.3 Å². The standard InChI is InChI=1S/C18H15ClN2O2S/c19-14-6-8-15(9-7-14)23-11-17(22)20-10-18-21-16(12-24-18)13-4-2-1-3-5-13/h1-9,12H,10-11H2,(H,20,22). The monoisotopic (exact) mass is 358 g/mol. The van der Waals surface area contributed by atoms with Crippen molar-refractivity contribution in [3.63, 3.8) is 0 Å². The van der Waals surface area contributed by atoms with Gasteiger partial charge in [0.1, 0.15) is 10.8 Å². The highest BCUT2D eigenvalue weighted by Gasteiger charge is 2.07. The van der Waals surface area contributed by atoms with Crippen molar-refractivity contribution in [2.24, 2.45) is 0 Å². The van der Waals surface area contributed by atoms with E-state index in [0.29, 0.717) is 17.3 Å². The lowest BCUT2D eigenvalue weighted by Crippen LogP contribution is -2.28. The Kier molecular flexibility index (Phi) is 5.46. The summed E-state index contributed by atoms with van der Waals surface area (Å²) in [6.45, 7) is 0.346. The lowest BCUT2D eigenvalue weighted by atomic mass is 10.2. The van der Waals surface area contributed by atoms with Gasteiger partial charge in [0, 0.05) is 16.0 Å². The molecule has 0 atom stereocenters. The number of hydrogen-bond acceptors (Lipinski definition) is 4. The Morgan fingerprint density at radius 1 is 1.12 bits per heavy atom. The summed E-state index contributed by atoms with van der Waals surface area (Å²) >= 11 is 7.32. The third kappa shape index (κ3) is 4.57. The highest BCUT2D eigenvalue weighted by Crippen LogP contribution is 2.21. The number of carbonyl (C=O) groups is 1. The van der Waals surface area contributed by atoms with Crippen molar-refractivity contribution < 1.29 is 9.53 Å². The Morgan fingerprint density at radius 3 is 2.62 bits per heavy atom. The highest BCUT2D eigenvalue weighted by molar-refractivity contribution is 7.09. The average Bonchev–Trinajstić information content (AvgIpc) is 3.09. The Bertz CT molecular complexity index is 803. The quantitative estimate of drug-likeness (QED) is 0.719. The minimum Gasteiger partial charge on any atom is -0.484 e. The molecule has 0 bridgehead atoms. The van der Waals surface area contributed by atoms with Crippen molar-refractivity contribution >= 4 is 28.8 Å². The second-order valence-electron chi connectivity index (χ2n) is 5.01. The van der Waals surface area contributed by atoms with E-state index in [1.165, 1.54) is 11.3 Å². The van der Waals surface area contributed by atoms with Crippen LogP contribution in [-0.4, -0.2) is 17.5 Å². The van der Waals surface area contributed by atoms with E-state index in [1.54, 1.807) is 24.3 Å². The van der Waals surface area contributed by atoms with Crippen molar-refractivity contribution in [1.29, 1.82) is 0 Å². The largest absolute Gasteiger partial charge is 0.484 e. The van der Waals surface area contributed by atoms with Crippen molar-refractivity contribution in [2.75, 3.05) is 6.61 Å². The molecule has 0 aliphatic heterocycles. The normalized spacial score (nSPS) is 10.4. The maximum Gasteiger partial charge on any atom is 0.258 e. The number of ether oxygens (including phenoxy) is 1. The van der Waals surface area contributed by atoms with Crippen LogP contribution in [0.1, 0.15) is 5.01 Å². The van der Waals surface area contributed by atoms with Crippen LogP contribution in [0.4, 0.5) is 0 Å². The van der Waals surface area contributed by atoms with Gasteiger partial charge >= 0.3 is 0 Å². The minimum absolute atomic E-state index is 0.0431. The van der Waals surface area contributed by atoms with Gasteiger partial charge in [-0.3, -0.25) is 4.79 Å². The summed E-state index contributed by atoms with van der Waals surface area (Å²) < 4.78 is 5.40. The zero-order valence-electron chi connectivity index (χ0n) is 12.7. The molecule has 0 spiro atoms. The number of nitrogens with zero attached hydrogens (tertiary/aromatic N) is 1. The fraction of sp³-hybridized carbons (Fsp3) is 0.111. The summed E-state index contributed by atoms with van der Waals surface area (Å²) in [4.78, 5) is 16.4. The van der Waals surface area contributed by atoms with Gasteiger partial charge in [0.25, 0.3) is 5.91 Å². The highest BCUT2D eigenvalue weighted by atomic mass is 35.5. The van der Waals surface area contributed by atoms with Gasteiger partial charge in [0.2, 0.25) is 0 Å². The molecule has 122 valence electrons. The Balaban J connectivity index is 1.48. The fourth-order valence-corrected chi connectivity index (χ4v) is 2.91. The predicted molar refractivity (Wildman–Crippen MR) is 96.3 cm³/mol. The topological polar surface area (TPSA) is 51.2 Å². The third-order valence-corrected chi connectivity index (χ3v) is 4.34. The number of rotatable bonds is 6. The Hall–Kier alpha value is -2.37. The molecule has 6 heteroatoms. The predicted octanol–water partition coefficient (Wildman–Crippen LogP) is 4.16.